The van der Waals surface area contributed by atoms with Crippen LogP contribution in [0.2, 0.25) is 0 Å². The van der Waals surface area contributed by atoms with Crippen LogP contribution in [0.25, 0.3) is 0 Å². The number of carbonyl (C=O) groups excluding carboxylic acids is 1. The Hall–Kier alpha value is -1.75. The quantitative estimate of drug-likeness (QED) is 0.871. The summed E-state index contributed by atoms with van der Waals surface area (Å²) in [6.07, 6.45) is 5.45. The Morgan fingerprint density at radius 2 is 1.71 bits per heavy atom. The minimum absolute atomic E-state index is 0.150. The van der Waals surface area contributed by atoms with Crippen LogP contribution in [-0.4, -0.2) is 32.2 Å². The maximum atomic E-state index is 12.3. The number of benzene rings is 1. The highest BCUT2D eigenvalue weighted by molar-refractivity contribution is 5.95. The lowest BCUT2D eigenvalue weighted by atomic mass is 9.82. The van der Waals surface area contributed by atoms with Crippen molar-refractivity contribution in [1.82, 2.24) is 5.32 Å². The SMILES string of the molecule is COc1cc(OC)cc(C(=O)NCC2(N)CCCCC2)c1. The second kappa shape index (κ2) is 6.80. The molecule has 0 aliphatic heterocycles. The Morgan fingerprint density at radius 3 is 2.24 bits per heavy atom. The molecule has 21 heavy (non-hydrogen) atoms. The van der Waals surface area contributed by atoms with Gasteiger partial charge in [-0.1, -0.05) is 19.3 Å². The summed E-state index contributed by atoms with van der Waals surface area (Å²) in [5.74, 6) is 1.04. The van der Waals surface area contributed by atoms with Crippen molar-refractivity contribution in [3.8, 4) is 11.5 Å². The molecule has 116 valence electrons. The molecule has 0 radical (unpaired) electrons. The highest BCUT2D eigenvalue weighted by atomic mass is 16.5. The smallest absolute Gasteiger partial charge is 0.251 e. The van der Waals surface area contributed by atoms with E-state index in [1.54, 1.807) is 32.4 Å². The molecule has 0 bridgehead atoms. The summed E-state index contributed by atoms with van der Waals surface area (Å²) < 4.78 is 10.4. The first kappa shape index (κ1) is 15.6. The maximum absolute atomic E-state index is 12.3. The Morgan fingerprint density at radius 1 is 1.14 bits per heavy atom. The number of ether oxygens (including phenoxy) is 2. The average molecular weight is 292 g/mol. The van der Waals surface area contributed by atoms with E-state index in [4.69, 9.17) is 15.2 Å². The topological polar surface area (TPSA) is 73.6 Å². The van der Waals surface area contributed by atoms with Gasteiger partial charge < -0.3 is 20.5 Å². The maximum Gasteiger partial charge on any atom is 0.251 e. The molecule has 1 aliphatic carbocycles. The summed E-state index contributed by atoms with van der Waals surface area (Å²) in [6.45, 7) is 0.505. The van der Waals surface area contributed by atoms with Crippen LogP contribution in [0.1, 0.15) is 42.5 Å². The van der Waals surface area contributed by atoms with Crippen molar-refractivity contribution >= 4 is 5.91 Å². The van der Waals surface area contributed by atoms with E-state index in [2.05, 4.69) is 5.32 Å². The van der Waals surface area contributed by atoms with Crippen LogP contribution in [0.5, 0.6) is 11.5 Å². The summed E-state index contributed by atoms with van der Waals surface area (Å²) in [5, 5.41) is 2.94. The average Bonchev–Trinajstić information content (AvgIpc) is 2.52. The predicted octanol–water partition coefficient (Wildman–Crippen LogP) is 2.10. The number of amides is 1. The molecule has 1 saturated carbocycles. The van der Waals surface area contributed by atoms with Gasteiger partial charge in [-0.3, -0.25) is 4.79 Å². The molecule has 2 rings (SSSR count). The number of methoxy groups -OCH3 is 2. The summed E-state index contributed by atoms with van der Waals surface area (Å²) in [7, 11) is 3.13. The molecule has 0 unspecified atom stereocenters. The molecule has 3 N–H and O–H groups in total. The minimum atomic E-state index is -0.267. The van der Waals surface area contributed by atoms with Crippen LogP contribution in [-0.2, 0) is 0 Å². The van der Waals surface area contributed by atoms with E-state index >= 15 is 0 Å². The zero-order valence-corrected chi connectivity index (χ0v) is 12.8. The summed E-state index contributed by atoms with van der Waals surface area (Å²) in [6, 6.07) is 5.13. The van der Waals surface area contributed by atoms with Crippen molar-refractivity contribution in [2.24, 2.45) is 5.73 Å². The molecule has 5 nitrogen and oxygen atoms in total. The summed E-state index contributed by atoms with van der Waals surface area (Å²) >= 11 is 0. The third-order valence-electron chi connectivity index (χ3n) is 4.06. The van der Waals surface area contributed by atoms with E-state index in [1.807, 2.05) is 0 Å². The second-order valence-corrected chi connectivity index (χ2v) is 5.71. The van der Waals surface area contributed by atoms with Crippen molar-refractivity contribution in [1.29, 1.82) is 0 Å². The van der Waals surface area contributed by atoms with Gasteiger partial charge in [-0.05, 0) is 25.0 Å². The number of carbonyl (C=O) groups is 1. The predicted molar refractivity (Wildman–Crippen MR) is 81.9 cm³/mol. The number of nitrogens with one attached hydrogen (secondary N) is 1. The molecule has 1 aromatic carbocycles. The Kier molecular flexibility index (Phi) is 5.07. The van der Waals surface area contributed by atoms with E-state index in [-0.39, 0.29) is 11.4 Å². The Balaban J connectivity index is 2.02. The molecule has 0 atom stereocenters. The van der Waals surface area contributed by atoms with Crippen LogP contribution in [0.15, 0.2) is 18.2 Å². The second-order valence-electron chi connectivity index (χ2n) is 5.71. The molecule has 1 fully saturated rings. The third-order valence-corrected chi connectivity index (χ3v) is 4.06. The van der Waals surface area contributed by atoms with Crippen LogP contribution in [0.3, 0.4) is 0 Å². The number of hydrogen-bond donors (Lipinski definition) is 2. The van der Waals surface area contributed by atoms with E-state index in [0.29, 0.717) is 23.6 Å². The van der Waals surface area contributed by atoms with Gasteiger partial charge in [0.25, 0.3) is 5.91 Å². The molecular weight excluding hydrogens is 268 g/mol. The Labute approximate surface area is 125 Å². The largest absolute Gasteiger partial charge is 0.497 e. The monoisotopic (exact) mass is 292 g/mol. The van der Waals surface area contributed by atoms with Gasteiger partial charge in [0.05, 0.1) is 14.2 Å². The number of rotatable bonds is 5. The van der Waals surface area contributed by atoms with Crippen molar-refractivity contribution in [2.75, 3.05) is 20.8 Å². The molecule has 1 amide bonds. The van der Waals surface area contributed by atoms with Crippen LogP contribution < -0.4 is 20.5 Å². The number of nitrogens with two attached hydrogens (primary N) is 1. The number of hydrogen-bond acceptors (Lipinski definition) is 4. The van der Waals surface area contributed by atoms with Crippen LogP contribution >= 0.6 is 0 Å². The van der Waals surface area contributed by atoms with Crippen molar-refractivity contribution in [3.63, 3.8) is 0 Å². The zero-order chi connectivity index (χ0) is 15.3. The highest BCUT2D eigenvalue weighted by Gasteiger charge is 2.27. The molecule has 0 spiro atoms. The van der Waals surface area contributed by atoms with Crippen molar-refractivity contribution in [2.45, 2.75) is 37.6 Å². The van der Waals surface area contributed by atoms with Crippen LogP contribution in [0.4, 0.5) is 0 Å². The molecule has 0 heterocycles. The van der Waals surface area contributed by atoms with Gasteiger partial charge in [-0.2, -0.15) is 0 Å². The highest BCUT2D eigenvalue weighted by Crippen LogP contribution is 2.26. The minimum Gasteiger partial charge on any atom is -0.497 e. The lowest BCUT2D eigenvalue weighted by Crippen LogP contribution is -2.51. The van der Waals surface area contributed by atoms with E-state index in [9.17, 15) is 4.79 Å². The van der Waals surface area contributed by atoms with E-state index < -0.39 is 0 Å². The summed E-state index contributed by atoms with van der Waals surface area (Å²) in [4.78, 5) is 12.3. The fraction of sp³-hybridized carbons (Fsp3) is 0.562. The van der Waals surface area contributed by atoms with Gasteiger partial charge in [0.15, 0.2) is 0 Å². The first-order valence-corrected chi connectivity index (χ1v) is 7.36. The standard InChI is InChI=1S/C16H24N2O3/c1-20-13-8-12(9-14(10-13)21-2)15(19)18-11-16(17)6-4-3-5-7-16/h8-10H,3-7,11,17H2,1-2H3,(H,18,19). The van der Waals surface area contributed by atoms with Gasteiger partial charge in [0, 0.05) is 23.7 Å². The van der Waals surface area contributed by atoms with E-state index in [0.717, 1.165) is 25.7 Å². The lowest BCUT2D eigenvalue weighted by Gasteiger charge is -2.33. The van der Waals surface area contributed by atoms with Gasteiger partial charge in [-0.15, -0.1) is 0 Å². The first-order chi connectivity index (χ1) is 10.1. The van der Waals surface area contributed by atoms with Gasteiger partial charge >= 0.3 is 0 Å². The molecule has 0 aromatic heterocycles. The van der Waals surface area contributed by atoms with Crippen LogP contribution in [0, 0.1) is 0 Å². The Bertz CT molecular complexity index is 474. The third kappa shape index (κ3) is 4.11. The molecule has 1 aromatic rings. The fourth-order valence-corrected chi connectivity index (χ4v) is 2.73. The van der Waals surface area contributed by atoms with Crippen molar-refractivity contribution < 1.29 is 14.3 Å². The van der Waals surface area contributed by atoms with Gasteiger partial charge in [-0.25, -0.2) is 0 Å². The van der Waals surface area contributed by atoms with E-state index in [1.165, 1.54) is 6.42 Å². The summed E-state index contributed by atoms with van der Waals surface area (Å²) in [5.41, 5.74) is 6.59. The first-order valence-electron chi connectivity index (χ1n) is 7.36. The van der Waals surface area contributed by atoms with Crippen molar-refractivity contribution in [3.05, 3.63) is 23.8 Å². The molecule has 0 saturated heterocycles. The van der Waals surface area contributed by atoms with Gasteiger partial charge in [0.2, 0.25) is 0 Å². The zero-order valence-electron chi connectivity index (χ0n) is 12.8. The molecule has 1 aliphatic rings. The molecule has 5 heteroatoms. The van der Waals surface area contributed by atoms with Gasteiger partial charge in [0.1, 0.15) is 11.5 Å². The lowest BCUT2D eigenvalue weighted by molar-refractivity contribution is 0.0937. The normalized spacial score (nSPS) is 17.1. The fourth-order valence-electron chi connectivity index (χ4n) is 2.73. The molecular formula is C16H24N2O3.